The number of hydrogen-bond acceptors (Lipinski definition) is 11. The van der Waals surface area contributed by atoms with Gasteiger partial charge < -0.3 is 29.7 Å². The highest BCUT2D eigenvalue weighted by Crippen LogP contribution is 2.50. The summed E-state index contributed by atoms with van der Waals surface area (Å²) in [4.78, 5) is 66.3. The number of nitrogens with one attached hydrogen (secondary N) is 3. The second-order valence-corrected chi connectivity index (χ2v) is 20.4. The molecule has 2 aliphatic heterocycles. The van der Waals surface area contributed by atoms with Crippen LogP contribution in [0.1, 0.15) is 98.1 Å². The minimum atomic E-state index is -4.31. The summed E-state index contributed by atoms with van der Waals surface area (Å²) < 4.78 is 105. The summed E-state index contributed by atoms with van der Waals surface area (Å²) in [6.07, 6.45) is -4.91. The number of methoxy groups -OCH3 is 1. The van der Waals surface area contributed by atoms with Gasteiger partial charge in [0, 0.05) is 18.4 Å². The number of aromatic nitrogens is 2. The number of nitrogens with zero attached hydrogens (tertiary/aromatic N) is 3. The quantitative estimate of drug-likeness (QED) is 0.304. The summed E-state index contributed by atoms with van der Waals surface area (Å²) in [7, 11) is -2.89. The van der Waals surface area contributed by atoms with E-state index in [9.17, 15) is 36.4 Å². The smallest absolute Gasteiger partial charge is 0.408 e. The number of rotatable bonds is 8. The maximum Gasteiger partial charge on any atom is 0.408 e. The molecule has 15 nitrogen and oxygen atoms in total. The largest absolute Gasteiger partial charge is 0.497 e. The Hall–Kier alpha value is -4.49. The molecule has 2 unspecified atom stereocenters. The lowest BCUT2D eigenvalue weighted by atomic mass is 9.85. The van der Waals surface area contributed by atoms with Crippen LogP contribution in [0.5, 0.6) is 11.6 Å². The number of halogens is 4. The van der Waals surface area contributed by atoms with E-state index in [4.69, 9.17) is 14.2 Å². The molecule has 2 aromatic rings. The first-order valence-corrected chi connectivity index (χ1v) is 21.9. The summed E-state index contributed by atoms with van der Waals surface area (Å²) >= 11 is 0. The fraction of sp³-hybridized carbons (Fsp3) is 0.700. The Balaban J connectivity index is 1.30. The Labute approximate surface area is 345 Å². The van der Waals surface area contributed by atoms with Crippen LogP contribution in [0.15, 0.2) is 18.2 Å². The van der Waals surface area contributed by atoms with Gasteiger partial charge in [0.2, 0.25) is 34.1 Å². The first-order chi connectivity index (χ1) is 28.0. The van der Waals surface area contributed by atoms with E-state index in [0.717, 1.165) is 4.90 Å². The molecule has 2 bridgehead atoms. The normalized spacial score (nSPS) is 31.3. The summed E-state index contributed by atoms with van der Waals surface area (Å²) in [5, 5.41) is 5.06. The van der Waals surface area contributed by atoms with E-state index in [-0.39, 0.29) is 42.6 Å². The van der Waals surface area contributed by atoms with Gasteiger partial charge in [-0.25, -0.2) is 32.0 Å². The highest BCUT2D eigenvalue weighted by molar-refractivity contribution is 7.91. The lowest BCUT2D eigenvalue weighted by molar-refractivity contribution is -0.144. The van der Waals surface area contributed by atoms with Gasteiger partial charge in [-0.05, 0) is 75.3 Å². The number of hydrogen-bond donors (Lipinski definition) is 3. The van der Waals surface area contributed by atoms with Crippen LogP contribution in [0.4, 0.5) is 22.4 Å². The molecule has 3 N–H and O–H groups in total. The number of carbonyl (C=O) groups is 4. The molecule has 3 heterocycles. The molecule has 0 spiro atoms. The molecule has 3 saturated carbocycles. The highest BCUT2D eigenvalue weighted by atomic mass is 32.2. The van der Waals surface area contributed by atoms with Gasteiger partial charge in [0.15, 0.2) is 5.69 Å². The molecular weight excluding hydrogens is 817 g/mol. The Bertz CT molecular complexity index is 2170. The summed E-state index contributed by atoms with van der Waals surface area (Å²) in [5.41, 5.74) is -3.83. The zero-order valence-electron chi connectivity index (χ0n) is 34.4. The van der Waals surface area contributed by atoms with Gasteiger partial charge in [-0.2, -0.15) is 8.78 Å². The lowest BCUT2D eigenvalue weighted by Gasteiger charge is -2.36. The molecule has 330 valence electrons. The van der Waals surface area contributed by atoms with Crippen molar-refractivity contribution in [3.05, 3.63) is 23.9 Å². The van der Waals surface area contributed by atoms with Crippen molar-refractivity contribution in [2.75, 3.05) is 13.7 Å². The van der Waals surface area contributed by atoms with E-state index in [0.29, 0.717) is 25.0 Å². The number of carbonyl (C=O) groups excluding carboxylic acids is 4. The van der Waals surface area contributed by atoms with Gasteiger partial charge in [0.25, 0.3) is 11.8 Å². The van der Waals surface area contributed by atoms with Crippen molar-refractivity contribution in [1.82, 2.24) is 30.2 Å². The number of alkyl carbamates (subject to hydrolysis) is 1. The lowest BCUT2D eigenvalue weighted by Crippen LogP contribution is -2.61. The number of ether oxygens (including phenoxy) is 3. The van der Waals surface area contributed by atoms with Gasteiger partial charge in [0.05, 0.1) is 35.4 Å². The first kappa shape index (κ1) is 43.6. The SMILES string of the molecule is CC[C@@H]1C2CN(C(=O)[C@H](C(C)(C)C)NC(=O)OC3C[C@H]3CCCCC(F)(F)c3nc4ccc(OC)cc4nc3O2)[C@@H]1C(=O)N[C@]1(C(=O)NS(=O)(=O)C2(C)CC2)C[C@H]1C(F)F. The molecule has 1 aromatic heterocycles. The zero-order chi connectivity index (χ0) is 43.7. The van der Waals surface area contributed by atoms with Crippen LogP contribution in [-0.2, 0) is 35.1 Å². The molecule has 1 saturated heterocycles. The number of sulfonamides is 1. The van der Waals surface area contributed by atoms with Crippen molar-refractivity contribution in [3.63, 3.8) is 0 Å². The van der Waals surface area contributed by atoms with Crippen LogP contribution in [0.25, 0.3) is 11.0 Å². The van der Waals surface area contributed by atoms with Crippen molar-refractivity contribution in [2.24, 2.45) is 23.2 Å². The molecule has 3 aliphatic carbocycles. The van der Waals surface area contributed by atoms with Gasteiger partial charge >= 0.3 is 6.09 Å². The molecule has 4 fully saturated rings. The molecule has 20 heteroatoms. The van der Waals surface area contributed by atoms with Crippen LogP contribution in [-0.4, -0.2) is 102 Å². The summed E-state index contributed by atoms with van der Waals surface area (Å²) in [6, 6.07) is 1.59. The third-order valence-corrected chi connectivity index (χ3v) is 14.9. The Morgan fingerprint density at radius 3 is 2.40 bits per heavy atom. The van der Waals surface area contributed by atoms with E-state index in [1.54, 1.807) is 33.8 Å². The van der Waals surface area contributed by atoms with E-state index in [1.165, 1.54) is 26.2 Å². The molecule has 1 aromatic carbocycles. The van der Waals surface area contributed by atoms with Crippen LogP contribution in [0.2, 0.25) is 0 Å². The summed E-state index contributed by atoms with van der Waals surface area (Å²) in [6.45, 7) is 7.62. The minimum absolute atomic E-state index is 0.0516. The van der Waals surface area contributed by atoms with Crippen molar-refractivity contribution in [2.45, 2.75) is 139 Å². The van der Waals surface area contributed by atoms with Crippen LogP contribution >= 0.6 is 0 Å². The predicted molar refractivity (Wildman–Crippen MR) is 207 cm³/mol. The average molecular weight is 869 g/mol. The fourth-order valence-electron chi connectivity index (χ4n) is 8.43. The highest BCUT2D eigenvalue weighted by Gasteiger charge is 2.68. The maximum atomic E-state index is 16.3. The second kappa shape index (κ2) is 15.4. The van der Waals surface area contributed by atoms with Gasteiger partial charge in [-0.3, -0.25) is 19.1 Å². The van der Waals surface area contributed by atoms with Crippen molar-refractivity contribution in [1.29, 1.82) is 0 Å². The van der Waals surface area contributed by atoms with Gasteiger partial charge in [-0.1, -0.05) is 34.1 Å². The molecule has 7 rings (SSSR count). The van der Waals surface area contributed by atoms with Crippen molar-refractivity contribution >= 4 is 44.9 Å². The summed E-state index contributed by atoms with van der Waals surface area (Å²) in [5.74, 6) is -9.85. The third-order valence-electron chi connectivity index (χ3n) is 12.8. The minimum Gasteiger partial charge on any atom is -0.497 e. The number of alkyl halides is 4. The third kappa shape index (κ3) is 8.28. The van der Waals surface area contributed by atoms with E-state index >= 15 is 8.78 Å². The monoisotopic (exact) mass is 868 g/mol. The second-order valence-electron chi connectivity index (χ2n) is 18.2. The molecular formula is C40H52F4N6O9S. The van der Waals surface area contributed by atoms with Crippen molar-refractivity contribution in [3.8, 4) is 11.6 Å². The average Bonchev–Trinajstić information content (AvgIpc) is 4.12. The standard InChI is InChI=1S/C40H52F4N6O9S/c1-7-22-27-19-50(28(22)32(51)48-39(18-23(39)31(41)42)35(53)49-60(55,56)38(5)14-15-38)34(52)30(37(2,3)4)47-36(54)59-26-16-20(26)10-8-9-13-40(43,44)29-33(58-27)46-25-17-21(57-6)11-12-24(25)45-29/h11-12,17,20,22-23,26-28,30-31H,7-10,13-16,18-19H2,1-6H3,(H,47,54)(H,48,51)(H,49,53)/t20-,22-,23+,26?,27?,28+,30-,39-/m1/s1. The van der Waals surface area contributed by atoms with Crippen LogP contribution in [0, 0.1) is 23.2 Å². The molecule has 4 amide bonds. The van der Waals surface area contributed by atoms with E-state index < -0.39 is 129 Å². The van der Waals surface area contributed by atoms with E-state index in [2.05, 4.69) is 20.6 Å². The maximum absolute atomic E-state index is 16.3. The Morgan fingerprint density at radius 1 is 1.07 bits per heavy atom. The number of benzene rings is 1. The van der Waals surface area contributed by atoms with Gasteiger partial charge in [-0.15, -0.1) is 0 Å². The fourth-order valence-corrected chi connectivity index (χ4v) is 9.74. The first-order valence-electron chi connectivity index (χ1n) is 20.4. The Morgan fingerprint density at radius 2 is 1.78 bits per heavy atom. The van der Waals surface area contributed by atoms with Crippen molar-refractivity contribution < 1.29 is 59.4 Å². The molecule has 0 radical (unpaired) electrons. The number of fused-ring (bicyclic) bond motifs is 5. The zero-order valence-corrected chi connectivity index (χ0v) is 35.2. The number of amides is 4. The predicted octanol–water partition coefficient (Wildman–Crippen LogP) is 4.96. The van der Waals surface area contributed by atoms with E-state index in [1.807, 2.05) is 4.72 Å². The van der Waals surface area contributed by atoms with Crippen LogP contribution < -0.4 is 24.8 Å². The molecule has 8 atom stereocenters. The Kier molecular flexibility index (Phi) is 11.2. The molecule has 5 aliphatic rings. The molecule has 60 heavy (non-hydrogen) atoms. The van der Waals surface area contributed by atoms with Crippen LogP contribution in [0.3, 0.4) is 0 Å². The van der Waals surface area contributed by atoms with Gasteiger partial charge in [0.1, 0.15) is 35.6 Å². The topological polar surface area (TPSA) is 195 Å².